The van der Waals surface area contributed by atoms with E-state index in [-0.39, 0.29) is 44.7 Å². The van der Waals surface area contributed by atoms with E-state index in [4.69, 9.17) is 0 Å². The zero-order chi connectivity index (χ0) is 52.0. The molecule has 7 aromatic carbocycles. The summed E-state index contributed by atoms with van der Waals surface area (Å²) in [5.74, 6) is 0. The van der Waals surface area contributed by atoms with E-state index in [1.165, 1.54) is 114 Å². The first kappa shape index (κ1) is 49.2. The Morgan fingerprint density at radius 3 is 1.47 bits per heavy atom. The van der Waals surface area contributed by atoms with Crippen LogP contribution in [-0.2, 0) is 32.5 Å². The van der Waals surface area contributed by atoms with Crippen molar-refractivity contribution in [1.82, 2.24) is 0 Å². The number of para-hydroxylation sites is 1. The van der Waals surface area contributed by atoms with Gasteiger partial charge >= 0.3 is 0 Å². The summed E-state index contributed by atoms with van der Waals surface area (Å²) in [5.41, 5.74) is 23.3. The molecule has 4 aliphatic rings. The van der Waals surface area contributed by atoms with E-state index >= 15 is 0 Å². The van der Waals surface area contributed by atoms with E-state index in [9.17, 15) is 0 Å². The molecule has 3 heterocycles. The molecule has 0 aromatic heterocycles. The normalized spacial score (nSPS) is 19.6. The summed E-state index contributed by atoms with van der Waals surface area (Å²) in [7, 11) is 0. The summed E-state index contributed by atoms with van der Waals surface area (Å²) in [6, 6.07) is 58.3. The Morgan fingerprint density at radius 1 is 0.384 bits per heavy atom. The average Bonchev–Trinajstić information content (AvgIpc) is 3.57. The highest BCUT2D eigenvalue weighted by molar-refractivity contribution is 7.00. The molecule has 0 N–H and O–H groups in total. The zero-order valence-electron chi connectivity index (χ0n) is 47.1. The summed E-state index contributed by atoms with van der Waals surface area (Å²) >= 11 is 0. The van der Waals surface area contributed by atoms with Crippen LogP contribution in [0, 0.1) is 0 Å². The molecular weight excluding hydrogens is 882 g/mol. The summed E-state index contributed by atoms with van der Waals surface area (Å²) in [5, 5.41) is 0. The van der Waals surface area contributed by atoms with Crippen LogP contribution in [0.1, 0.15) is 175 Å². The summed E-state index contributed by atoms with van der Waals surface area (Å²) < 4.78 is 0. The lowest BCUT2D eigenvalue weighted by molar-refractivity contribution is 0.215. The van der Waals surface area contributed by atoms with Crippen LogP contribution in [0.5, 0.6) is 0 Å². The molecule has 73 heavy (non-hydrogen) atoms. The minimum atomic E-state index is -0.201. The van der Waals surface area contributed by atoms with Gasteiger partial charge in [-0.3, -0.25) is 0 Å². The second-order valence-electron chi connectivity index (χ2n) is 27.7. The van der Waals surface area contributed by atoms with E-state index in [0.717, 1.165) is 12.8 Å². The van der Waals surface area contributed by atoms with Crippen molar-refractivity contribution < 1.29 is 0 Å². The molecule has 3 nitrogen and oxygen atoms in total. The summed E-state index contributed by atoms with van der Waals surface area (Å²) in [6.45, 7) is 37.8. The Labute approximate surface area is 440 Å². The van der Waals surface area contributed by atoms with Crippen molar-refractivity contribution in [2.45, 2.75) is 174 Å². The van der Waals surface area contributed by atoms with Crippen molar-refractivity contribution in [2.75, 3.05) is 14.7 Å². The number of benzene rings is 7. The van der Waals surface area contributed by atoms with Gasteiger partial charge in [0.2, 0.25) is 0 Å². The fourth-order valence-corrected chi connectivity index (χ4v) is 13.4. The monoisotopic (exact) mass is 962 g/mol. The van der Waals surface area contributed by atoms with Gasteiger partial charge in [-0.1, -0.05) is 202 Å². The molecule has 1 aliphatic carbocycles. The lowest BCUT2D eigenvalue weighted by atomic mass is 9.33. The Hall–Kier alpha value is -6.00. The molecule has 3 aliphatic heterocycles. The smallest absolute Gasteiger partial charge is 0.252 e. The van der Waals surface area contributed by atoms with Crippen molar-refractivity contribution in [1.29, 1.82) is 0 Å². The molecule has 0 amide bonds. The van der Waals surface area contributed by atoms with E-state index in [0.29, 0.717) is 0 Å². The highest BCUT2D eigenvalue weighted by Crippen LogP contribution is 2.64. The van der Waals surface area contributed by atoms with Gasteiger partial charge in [0, 0.05) is 50.9 Å². The van der Waals surface area contributed by atoms with E-state index in [1.807, 2.05) is 0 Å². The second kappa shape index (κ2) is 16.5. The van der Waals surface area contributed by atoms with Gasteiger partial charge < -0.3 is 14.7 Å². The molecule has 7 aromatic rings. The van der Waals surface area contributed by atoms with E-state index in [1.54, 1.807) is 0 Å². The molecule has 0 radical (unpaired) electrons. The van der Waals surface area contributed by atoms with Crippen LogP contribution in [0.15, 0.2) is 146 Å². The third-order valence-electron chi connectivity index (χ3n) is 17.7. The standard InChI is InChI=1S/C69H80BN3/c1-63(2,3)45-26-28-47(29-27-45)69-39-20-19-38-68(69,16)73(57-25-18-17-24-54(57)69)53-35-37-56-59(44-53)71(51-33-30-46(31-34-51)64(4,5)6)60-42-50(67(13,14)15)43-61-62(60)70(56)55-36-32-49(66(10,11)12)41-58(55)72(61)52-23-21-22-48(40-52)65(7,8)9/h17-18,21-37,40-44H,19-20,38-39H2,1-16H3. The largest absolute Gasteiger partial charge is 0.334 e. The molecule has 0 spiro atoms. The molecule has 11 rings (SSSR count). The van der Waals surface area contributed by atoms with Crippen LogP contribution < -0.4 is 31.1 Å². The van der Waals surface area contributed by atoms with Crippen LogP contribution >= 0.6 is 0 Å². The predicted molar refractivity (Wildman–Crippen MR) is 317 cm³/mol. The fraction of sp³-hybridized carbons (Fsp3) is 0.391. The second-order valence-corrected chi connectivity index (χ2v) is 27.7. The molecule has 1 saturated carbocycles. The lowest BCUT2D eigenvalue weighted by Gasteiger charge is -2.52. The minimum absolute atomic E-state index is 0.00906. The topological polar surface area (TPSA) is 9.72 Å². The van der Waals surface area contributed by atoms with Crippen LogP contribution in [0.25, 0.3) is 0 Å². The van der Waals surface area contributed by atoms with Crippen molar-refractivity contribution in [3.05, 3.63) is 185 Å². The van der Waals surface area contributed by atoms with Crippen LogP contribution in [-0.4, -0.2) is 12.3 Å². The Bertz CT molecular complexity index is 3290. The SMILES string of the molecule is CC(C)(C)c1ccc(N2c3cc(N4c5ccccc5C5(c6ccc(C(C)(C)C)cc6)CCCCC45C)ccc3B3c4ccc(C(C)(C)C)cc4N(c4cccc(C(C)(C)C)c4)c4cc(C(C)(C)C)cc2c43)cc1. The van der Waals surface area contributed by atoms with Crippen molar-refractivity contribution in [2.24, 2.45) is 0 Å². The van der Waals surface area contributed by atoms with Gasteiger partial charge in [0.25, 0.3) is 6.71 Å². The van der Waals surface area contributed by atoms with Crippen LogP contribution in [0.2, 0.25) is 0 Å². The average molecular weight is 962 g/mol. The van der Waals surface area contributed by atoms with E-state index in [2.05, 4.69) is 271 Å². The molecule has 2 unspecified atom stereocenters. The third-order valence-corrected chi connectivity index (χ3v) is 17.7. The van der Waals surface area contributed by atoms with Crippen molar-refractivity contribution >= 4 is 68.6 Å². The first-order valence-electron chi connectivity index (χ1n) is 27.5. The molecular formula is C69H80BN3. The van der Waals surface area contributed by atoms with Gasteiger partial charge in [-0.2, -0.15) is 0 Å². The third kappa shape index (κ3) is 7.73. The minimum Gasteiger partial charge on any atom is -0.334 e. The van der Waals surface area contributed by atoms with Gasteiger partial charge in [0.1, 0.15) is 0 Å². The molecule has 4 heteroatoms. The lowest BCUT2D eigenvalue weighted by Crippen LogP contribution is -2.61. The Morgan fingerprint density at radius 2 is 0.863 bits per heavy atom. The summed E-state index contributed by atoms with van der Waals surface area (Å²) in [4.78, 5) is 8.07. The maximum Gasteiger partial charge on any atom is 0.252 e. The molecule has 0 saturated heterocycles. The van der Waals surface area contributed by atoms with E-state index < -0.39 is 0 Å². The van der Waals surface area contributed by atoms with Gasteiger partial charge in [-0.05, 0) is 163 Å². The van der Waals surface area contributed by atoms with Crippen LogP contribution in [0.4, 0.5) is 45.5 Å². The molecule has 0 bridgehead atoms. The Balaban J connectivity index is 1.20. The van der Waals surface area contributed by atoms with Crippen molar-refractivity contribution in [3.8, 4) is 0 Å². The number of nitrogens with zero attached hydrogens (tertiary/aromatic N) is 3. The quantitative estimate of drug-likeness (QED) is 0.163. The van der Waals surface area contributed by atoms with Gasteiger partial charge in [-0.15, -0.1) is 0 Å². The number of anilines is 8. The molecule has 1 fully saturated rings. The van der Waals surface area contributed by atoms with Crippen molar-refractivity contribution in [3.63, 3.8) is 0 Å². The first-order valence-corrected chi connectivity index (χ1v) is 27.5. The fourth-order valence-electron chi connectivity index (χ4n) is 13.4. The van der Waals surface area contributed by atoms with Crippen LogP contribution in [0.3, 0.4) is 0 Å². The predicted octanol–water partition coefficient (Wildman–Crippen LogP) is 17.0. The highest BCUT2D eigenvalue weighted by Gasteiger charge is 2.61. The van der Waals surface area contributed by atoms with Gasteiger partial charge in [0.05, 0.1) is 5.54 Å². The first-order chi connectivity index (χ1) is 34.2. The summed E-state index contributed by atoms with van der Waals surface area (Å²) in [6.07, 6.45) is 4.65. The maximum absolute atomic E-state index is 2.79. The number of fused-ring (bicyclic) bond motifs is 7. The zero-order valence-corrected chi connectivity index (χ0v) is 47.1. The Kier molecular flexibility index (Phi) is 11.1. The maximum atomic E-state index is 2.79. The molecule has 2 atom stereocenters. The van der Waals surface area contributed by atoms with Gasteiger partial charge in [0.15, 0.2) is 0 Å². The number of hydrogen-bond donors (Lipinski definition) is 0. The van der Waals surface area contributed by atoms with Gasteiger partial charge in [-0.25, -0.2) is 0 Å². The number of hydrogen-bond acceptors (Lipinski definition) is 3. The number of rotatable bonds is 4. The molecule has 374 valence electrons. The highest BCUT2D eigenvalue weighted by atomic mass is 15.3.